The van der Waals surface area contributed by atoms with Gasteiger partial charge in [-0.2, -0.15) is 0 Å². The van der Waals surface area contributed by atoms with E-state index in [0.29, 0.717) is 17.7 Å². The first-order chi connectivity index (χ1) is 9.49. The van der Waals surface area contributed by atoms with Crippen molar-refractivity contribution in [1.82, 2.24) is 9.88 Å². The van der Waals surface area contributed by atoms with E-state index in [-0.39, 0.29) is 10.8 Å². The predicted octanol–water partition coefficient (Wildman–Crippen LogP) is 2.86. The molecule has 0 saturated carbocycles. The lowest BCUT2D eigenvalue weighted by molar-refractivity contribution is 0.315. The highest BCUT2D eigenvalue weighted by atomic mass is 32.1. The van der Waals surface area contributed by atoms with E-state index in [1.807, 2.05) is 24.4 Å². The molecule has 3 nitrogen and oxygen atoms in total. The lowest BCUT2D eigenvalue weighted by atomic mass is 10.1. The molecule has 0 fully saturated rings. The van der Waals surface area contributed by atoms with Crippen LogP contribution in [0, 0.1) is 12.7 Å². The van der Waals surface area contributed by atoms with Gasteiger partial charge in [0, 0.05) is 29.1 Å². The highest BCUT2D eigenvalue weighted by Crippen LogP contribution is 2.18. The number of aryl methyl sites for hydroxylation is 1. The lowest BCUT2D eigenvalue weighted by Crippen LogP contribution is -2.19. The van der Waals surface area contributed by atoms with Gasteiger partial charge in [-0.3, -0.25) is 4.90 Å². The Labute approximate surface area is 127 Å². The quantitative estimate of drug-likeness (QED) is 0.863. The van der Waals surface area contributed by atoms with E-state index in [0.717, 1.165) is 12.2 Å². The molecule has 0 aliphatic heterocycles. The molecule has 0 radical (unpaired) electrons. The molecule has 0 bridgehead atoms. The molecule has 0 saturated heterocycles. The van der Waals surface area contributed by atoms with Crippen molar-refractivity contribution < 1.29 is 4.39 Å². The van der Waals surface area contributed by atoms with Crippen LogP contribution in [0.3, 0.4) is 0 Å². The Morgan fingerprint density at radius 3 is 2.80 bits per heavy atom. The fraction of sp³-hybridized carbons (Fsp3) is 0.286. The standard InChI is InChI=1S/C14H16FN3S2/c1-9-12(20-8-17-9)7-18(2)6-10-4-3-5-11(13(10)15)14(16)19/h3-5,8H,6-7H2,1-2H3,(H2,16,19). The van der Waals surface area contributed by atoms with E-state index in [1.54, 1.807) is 29.5 Å². The van der Waals surface area contributed by atoms with Crippen molar-refractivity contribution in [2.24, 2.45) is 5.73 Å². The number of rotatable bonds is 5. The molecule has 1 heterocycles. The highest BCUT2D eigenvalue weighted by molar-refractivity contribution is 7.80. The SMILES string of the molecule is Cc1ncsc1CN(C)Cc1cccc(C(N)=S)c1F. The molecule has 1 aromatic heterocycles. The summed E-state index contributed by atoms with van der Waals surface area (Å²) >= 11 is 6.46. The number of hydrogen-bond donors (Lipinski definition) is 1. The fourth-order valence-electron chi connectivity index (χ4n) is 1.96. The summed E-state index contributed by atoms with van der Waals surface area (Å²) in [5.74, 6) is -0.326. The van der Waals surface area contributed by atoms with E-state index in [2.05, 4.69) is 4.98 Å². The van der Waals surface area contributed by atoms with Gasteiger partial charge < -0.3 is 5.73 Å². The zero-order valence-corrected chi connectivity index (χ0v) is 13.0. The van der Waals surface area contributed by atoms with Crippen LogP contribution < -0.4 is 5.73 Å². The van der Waals surface area contributed by atoms with E-state index in [9.17, 15) is 4.39 Å². The summed E-state index contributed by atoms with van der Waals surface area (Å²) < 4.78 is 14.2. The highest BCUT2D eigenvalue weighted by Gasteiger charge is 2.13. The molecule has 0 unspecified atom stereocenters. The van der Waals surface area contributed by atoms with E-state index >= 15 is 0 Å². The third kappa shape index (κ3) is 3.39. The largest absolute Gasteiger partial charge is 0.389 e. The second kappa shape index (κ2) is 6.39. The number of benzene rings is 1. The Bertz CT molecular complexity index is 625. The number of thiazole rings is 1. The number of aromatic nitrogens is 1. The summed E-state index contributed by atoms with van der Waals surface area (Å²) in [6.07, 6.45) is 0. The molecule has 2 aromatic rings. The smallest absolute Gasteiger partial charge is 0.137 e. The van der Waals surface area contributed by atoms with Crippen LogP contribution in [0.4, 0.5) is 4.39 Å². The fourth-order valence-corrected chi connectivity index (χ4v) is 2.98. The molecule has 2 N–H and O–H groups in total. The average molecular weight is 309 g/mol. The first-order valence-electron chi connectivity index (χ1n) is 6.13. The van der Waals surface area contributed by atoms with Gasteiger partial charge in [0.25, 0.3) is 0 Å². The number of nitrogens with two attached hydrogens (primary N) is 1. The van der Waals surface area contributed by atoms with Crippen LogP contribution in [-0.4, -0.2) is 21.9 Å². The zero-order valence-electron chi connectivity index (χ0n) is 11.4. The summed E-state index contributed by atoms with van der Waals surface area (Å²) in [6.45, 7) is 3.22. The van der Waals surface area contributed by atoms with Crippen LogP contribution in [0.5, 0.6) is 0 Å². The molecular formula is C14H16FN3S2. The molecule has 0 spiro atoms. The van der Waals surface area contributed by atoms with Crippen molar-refractivity contribution in [2.45, 2.75) is 20.0 Å². The topological polar surface area (TPSA) is 42.2 Å². The molecule has 0 atom stereocenters. The normalized spacial score (nSPS) is 11.0. The van der Waals surface area contributed by atoms with Gasteiger partial charge in [0.05, 0.1) is 11.2 Å². The van der Waals surface area contributed by atoms with Crippen LogP contribution in [0.1, 0.15) is 21.7 Å². The van der Waals surface area contributed by atoms with Gasteiger partial charge in [-0.15, -0.1) is 11.3 Å². The molecule has 1 aromatic carbocycles. The van der Waals surface area contributed by atoms with Crippen LogP contribution in [0.15, 0.2) is 23.7 Å². The summed E-state index contributed by atoms with van der Waals surface area (Å²) in [6, 6.07) is 5.14. The number of hydrogen-bond acceptors (Lipinski definition) is 4. The number of thiocarbonyl (C=S) groups is 1. The van der Waals surface area contributed by atoms with Crippen LogP contribution in [0.25, 0.3) is 0 Å². The van der Waals surface area contributed by atoms with Crippen LogP contribution in [0.2, 0.25) is 0 Å². The minimum absolute atomic E-state index is 0.0882. The Kier molecular flexibility index (Phi) is 4.80. The number of halogens is 1. The van der Waals surface area contributed by atoms with Crippen molar-refractivity contribution in [3.05, 3.63) is 51.2 Å². The van der Waals surface area contributed by atoms with Gasteiger partial charge in [-0.05, 0) is 20.0 Å². The van der Waals surface area contributed by atoms with Gasteiger partial charge in [0.15, 0.2) is 0 Å². The Hall–Kier alpha value is -1.37. The molecule has 0 aliphatic rings. The molecule has 6 heteroatoms. The molecule has 106 valence electrons. The van der Waals surface area contributed by atoms with Gasteiger partial charge in [-0.25, -0.2) is 9.37 Å². The van der Waals surface area contributed by atoms with Crippen LogP contribution in [-0.2, 0) is 13.1 Å². The van der Waals surface area contributed by atoms with Gasteiger partial charge in [0.1, 0.15) is 10.8 Å². The third-order valence-corrected chi connectivity index (χ3v) is 4.18. The van der Waals surface area contributed by atoms with Crippen molar-refractivity contribution in [3.63, 3.8) is 0 Å². The summed E-state index contributed by atoms with van der Waals surface area (Å²) in [4.78, 5) is 7.54. The van der Waals surface area contributed by atoms with E-state index < -0.39 is 0 Å². The van der Waals surface area contributed by atoms with Crippen molar-refractivity contribution in [3.8, 4) is 0 Å². The summed E-state index contributed by atoms with van der Waals surface area (Å²) in [5.41, 5.74) is 9.27. The van der Waals surface area contributed by atoms with Gasteiger partial charge in [-0.1, -0.05) is 24.4 Å². The predicted molar refractivity (Wildman–Crippen MR) is 84.3 cm³/mol. The maximum absolute atomic E-state index is 14.2. The first-order valence-corrected chi connectivity index (χ1v) is 7.42. The maximum atomic E-state index is 14.2. The van der Waals surface area contributed by atoms with Crippen molar-refractivity contribution >= 4 is 28.5 Å². The Balaban J connectivity index is 2.12. The molecule has 2 rings (SSSR count). The van der Waals surface area contributed by atoms with E-state index in [4.69, 9.17) is 18.0 Å². The second-order valence-electron chi connectivity index (χ2n) is 4.68. The number of nitrogens with zero attached hydrogens (tertiary/aromatic N) is 2. The summed E-state index contributed by atoms with van der Waals surface area (Å²) in [5, 5.41) is 0. The van der Waals surface area contributed by atoms with E-state index in [1.165, 1.54) is 4.88 Å². The first kappa shape index (κ1) is 15.0. The van der Waals surface area contributed by atoms with Crippen molar-refractivity contribution in [1.29, 1.82) is 0 Å². The minimum Gasteiger partial charge on any atom is -0.389 e. The lowest BCUT2D eigenvalue weighted by Gasteiger charge is -2.17. The average Bonchev–Trinajstić information content (AvgIpc) is 2.77. The summed E-state index contributed by atoms with van der Waals surface area (Å²) in [7, 11) is 1.95. The maximum Gasteiger partial charge on any atom is 0.137 e. The molecule has 0 amide bonds. The Morgan fingerprint density at radius 1 is 1.45 bits per heavy atom. The minimum atomic E-state index is -0.326. The molecular weight excluding hydrogens is 293 g/mol. The zero-order chi connectivity index (χ0) is 14.7. The van der Waals surface area contributed by atoms with Gasteiger partial charge in [0.2, 0.25) is 0 Å². The van der Waals surface area contributed by atoms with Gasteiger partial charge >= 0.3 is 0 Å². The monoisotopic (exact) mass is 309 g/mol. The second-order valence-corrected chi connectivity index (χ2v) is 6.06. The molecule has 0 aliphatic carbocycles. The van der Waals surface area contributed by atoms with Crippen molar-refractivity contribution in [2.75, 3.05) is 7.05 Å². The Morgan fingerprint density at radius 2 is 2.20 bits per heavy atom. The molecule has 20 heavy (non-hydrogen) atoms. The third-order valence-electron chi connectivity index (χ3n) is 3.04. The van der Waals surface area contributed by atoms with Crippen LogP contribution >= 0.6 is 23.6 Å².